The van der Waals surface area contributed by atoms with Crippen LogP contribution < -0.4 is 11.1 Å². The third kappa shape index (κ3) is 4.67. The molecular formula is C24H27BrFN3O2. The van der Waals surface area contributed by atoms with E-state index in [-0.39, 0.29) is 17.8 Å². The fourth-order valence-corrected chi connectivity index (χ4v) is 4.88. The van der Waals surface area contributed by atoms with Crippen LogP contribution >= 0.6 is 15.9 Å². The van der Waals surface area contributed by atoms with Gasteiger partial charge in [-0.1, -0.05) is 40.2 Å². The number of carbonyl (C=O) groups excluding carboxylic acids is 2. The van der Waals surface area contributed by atoms with Crippen molar-refractivity contribution in [2.75, 3.05) is 13.1 Å². The summed E-state index contributed by atoms with van der Waals surface area (Å²) >= 11 is 3.43. The number of hydrogen-bond acceptors (Lipinski definition) is 3. The molecule has 1 saturated heterocycles. The third-order valence-electron chi connectivity index (χ3n) is 6.48. The second-order valence-electron chi connectivity index (χ2n) is 8.53. The van der Waals surface area contributed by atoms with Crippen molar-refractivity contribution in [3.63, 3.8) is 0 Å². The summed E-state index contributed by atoms with van der Waals surface area (Å²) < 4.78 is 14.9. The van der Waals surface area contributed by atoms with Gasteiger partial charge < -0.3 is 16.0 Å². The molecular weight excluding hydrogens is 461 g/mol. The molecule has 1 heterocycles. The largest absolute Gasteiger partial charge is 0.368 e. The van der Waals surface area contributed by atoms with Crippen LogP contribution in [0.1, 0.15) is 36.8 Å². The van der Waals surface area contributed by atoms with Crippen molar-refractivity contribution in [2.45, 2.75) is 49.6 Å². The zero-order valence-corrected chi connectivity index (χ0v) is 18.9. The van der Waals surface area contributed by atoms with E-state index in [2.05, 4.69) is 21.2 Å². The number of nitrogens with two attached hydrogens (primary N) is 1. The van der Waals surface area contributed by atoms with E-state index in [0.717, 1.165) is 36.0 Å². The highest BCUT2D eigenvalue weighted by Gasteiger charge is 2.55. The van der Waals surface area contributed by atoms with Gasteiger partial charge in [-0.2, -0.15) is 0 Å². The maximum atomic E-state index is 14.0. The fraction of sp³-hybridized carbons (Fsp3) is 0.417. The summed E-state index contributed by atoms with van der Waals surface area (Å²) in [5, 5.41) is 3.32. The van der Waals surface area contributed by atoms with Crippen molar-refractivity contribution >= 4 is 27.7 Å². The highest BCUT2D eigenvalue weighted by Crippen LogP contribution is 2.50. The first-order valence-corrected chi connectivity index (χ1v) is 11.5. The molecule has 2 aromatic rings. The number of halogens is 2. The van der Waals surface area contributed by atoms with Crippen molar-refractivity contribution in [2.24, 2.45) is 5.73 Å². The lowest BCUT2D eigenvalue weighted by molar-refractivity contribution is -0.145. The number of benzene rings is 2. The van der Waals surface area contributed by atoms with E-state index in [9.17, 15) is 14.0 Å². The van der Waals surface area contributed by atoms with E-state index >= 15 is 0 Å². The fourth-order valence-electron chi connectivity index (χ4n) is 4.61. The normalized spacial score (nSPS) is 18.9. The topological polar surface area (TPSA) is 75.4 Å². The van der Waals surface area contributed by atoms with E-state index in [1.54, 1.807) is 11.0 Å². The number of hydrogen-bond donors (Lipinski definition) is 2. The minimum Gasteiger partial charge on any atom is -0.368 e. The molecule has 2 amide bonds. The molecule has 0 spiro atoms. The minimum atomic E-state index is -0.764. The summed E-state index contributed by atoms with van der Waals surface area (Å²) in [6.45, 7) is 1.57. The number of nitrogens with zero attached hydrogens (tertiary/aromatic N) is 1. The number of nitrogens with one attached hydrogen (secondary N) is 1. The second kappa shape index (κ2) is 9.09. The van der Waals surface area contributed by atoms with Crippen LogP contribution in [0, 0.1) is 5.82 Å². The van der Waals surface area contributed by atoms with Crippen molar-refractivity contribution in [1.82, 2.24) is 10.2 Å². The first kappa shape index (κ1) is 22.0. The summed E-state index contributed by atoms with van der Waals surface area (Å²) in [5.74, 6) is -0.970. The maximum Gasteiger partial charge on any atom is 0.240 e. The van der Waals surface area contributed by atoms with Gasteiger partial charge in [0.2, 0.25) is 11.8 Å². The molecule has 5 nitrogen and oxygen atoms in total. The molecule has 4 rings (SSSR count). The van der Waals surface area contributed by atoms with E-state index in [1.165, 1.54) is 12.1 Å². The summed E-state index contributed by atoms with van der Waals surface area (Å²) in [7, 11) is 0. The average Bonchev–Trinajstić information content (AvgIpc) is 3.57. The zero-order valence-electron chi connectivity index (χ0n) is 17.3. The van der Waals surface area contributed by atoms with Gasteiger partial charge in [-0.05, 0) is 74.2 Å². The molecule has 0 bridgehead atoms. The Bertz CT molecular complexity index is 956. The molecule has 2 fully saturated rings. The molecule has 0 radical (unpaired) electrons. The van der Waals surface area contributed by atoms with Crippen LogP contribution in [0.4, 0.5) is 4.39 Å². The molecule has 1 aliphatic carbocycles. The van der Waals surface area contributed by atoms with Gasteiger partial charge in [0.1, 0.15) is 11.9 Å². The van der Waals surface area contributed by atoms with Crippen LogP contribution in [-0.2, 0) is 21.4 Å². The third-order valence-corrected chi connectivity index (χ3v) is 7.01. The van der Waals surface area contributed by atoms with Gasteiger partial charge in [0.05, 0.1) is 5.41 Å². The van der Waals surface area contributed by atoms with Crippen molar-refractivity contribution < 1.29 is 14.0 Å². The smallest absolute Gasteiger partial charge is 0.240 e. The molecule has 0 aromatic heterocycles. The number of piperidine rings is 1. The van der Waals surface area contributed by atoms with Crippen LogP contribution in [0.15, 0.2) is 53.0 Å². The van der Waals surface area contributed by atoms with Gasteiger partial charge in [-0.3, -0.25) is 9.59 Å². The average molecular weight is 488 g/mol. The van der Waals surface area contributed by atoms with Crippen LogP contribution in [0.5, 0.6) is 0 Å². The lowest BCUT2D eigenvalue weighted by Crippen LogP contribution is -2.58. The molecule has 2 aromatic carbocycles. The molecule has 1 aliphatic heterocycles. The van der Waals surface area contributed by atoms with Crippen molar-refractivity contribution in [1.29, 1.82) is 0 Å². The standard InChI is InChI=1S/C24H27BrFN3O2/c25-18-6-4-16(5-7-18)14-21(22(27)30)29(20-8-12-28-13-9-20)23(31)24(10-11-24)17-2-1-3-19(26)15-17/h1-7,15,20-21,28H,8-14H2,(H2,27,30)/t21-/m0/s1. The Balaban J connectivity index is 1.69. The first-order chi connectivity index (χ1) is 14.9. The van der Waals surface area contributed by atoms with Crippen molar-refractivity contribution in [3.8, 4) is 0 Å². The van der Waals surface area contributed by atoms with Crippen LogP contribution in [-0.4, -0.2) is 41.9 Å². The Labute approximate surface area is 190 Å². The second-order valence-corrected chi connectivity index (χ2v) is 9.45. The Kier molecular flexibility index (Phi) is 6.44. The molecule has 0 unspecified atom stereocenters. The van der Waals surface area contributed by atoms with Gasteiger partial charge in [-0.15, -0.1) is 0 Å². The number of rotatable bonds is 7. The summed E-state index contributed by atoms with van der Waals surface area (Å²) in [4.78, 5) is 28.4. The Morgan fingerprint density at radius 3 is 2.42 bits per heavy atom. The lowest BCUT2D eigenvalue weighted by atomic mass is 9.90. The van der Waals surface area contributed by atoms with E-state index < -0.39 is 17.4 Å². The van der Waals surface area contributed by atoms with Gasteiger partial charge >= 0.3 is 0 Å². The van der Waals surface area contributed by atoms with Gasteiger partial charge in [0.25, 0.3) is 0 Å². The van der Waals surface area contributed by atoms with Gasteiger partial charge in [-0.25, -0.2) is 4.39 Å². The molecule has 1 atom stereocenters. The predicted octanol–water partition coefficient (Wildman–Crippen LogP) is 3.30. The summed E-state index contributed by atoms with van der Waals surface area (Å²) in [6, 6.07) is 13.2. The van der Waals surface area contributed by atoms with Crippen molar-refractivity contribution in [3.05, 3.63) is 69.9 Å². The number of carbonyl (C=O) groups is 2. The number of primary amides is 1. The molecule has 31 heavy (non-hydrogen) atoms. The minimum absolute atomic E-state index is 0.0762. The Hall–Kier alpha value is -2.25. The quantitative estimate of drug-likeness (QED) is 0.628. The predicted molar refractivity (Wildman–Crippen MR) is 121 cm³/mol. The van der Waals surface area contributed by atoms with E-state index in [1.807, 2.05) is 30.3 Å². The summed E-state index contributed by atoms with van der Waals surface area (Å²) in [6.07, 6.45) is 3.18. The van der Waals surface area contributed by atoms with E-state index in [4.69, 9.17) is 5.73 Å². The molecule has 1 saturated carbocycles. The first-order valence-electron chi connectivity index (χ1n) is 10.7. The SMILES string of the molecule is NC(=O)[C@H](Cc1ccc(Br)cc1)N(C(=O)C1(c2cccc(F)c2)CC1)C1CCNCC1. The summed E-state index contributed by atoms with van der Waals surface area (Å²) in [5.41, 5.74) is 6.73. The molecule has 2 aliphatic rings. The van der Waals surface area contributed by atoms with Crippen LogP contribution in [0.25, 0.3) is 0 Å². The van der Waals surface area contributed by atoms with E-state index in [0.29, 0.717) is 24.8 Å². The Morgan fingerprint density at radius 1 is 1.16 bits per heavy atom. The Morgan fingerprint density at radius 2 is 1.84 bits per heavy atom. The molecule has 7 heteroatoms. The highest BCUT2D eigenvalue weighted by molar-refractivity contribution is 9.10. The molecule has 3 N–H and O–H groups in total. The van der Waals surface area contributed by atoms with Crippen LogP contribution in [0.2, 0.25) is 0 Å². The zero-order chi connectivity index (χ0) is 22.0. The molecule has 164 valence electrons. The number of amides is 2. The van der Waals surface area contributed by atoms with Crippen LogP contribution in [0.3, 0.4) is 0 Å². The van der Waals surface area contributed by atoms with Gasteiger partial charge in [0.15, 0.2) is 0 Å². The van der Waals surface area contributed by atoms with Gasteiger partial charge in [0, 0.05) is 16.9 Å². The monoisotopic (exact) mass is 487 g/mol. The highest BCUT2D eigenvalue weighted by atomic mass is 79.9. The lowest BCUT2D eigenvalue weighted by Gasteiger charge is -2.41. The maximum absolute atomic E-state index is 14.0.